The Labute approximate surface area is 788 Å². The van der Waals surface area contributed by atoms with E-state index in [1.165, 1.54) is 289 Å². The van der Waals surface area contributed by atoms with Crippen LogP contribution in [0.2, 0.25) is 0 Å². The smallest absolute Gasteiger partial charge is 0.137 e. The first-order chi connectivity index (χ1) is 62.6. The van der Waals surface area contributed by atoms with Crippen molar-refractivity contribution in [2.45, 2.75) is 479 Å². The molecule has 0 aromatic carbocycles. The van der Waals surface area contributed by atoms with Crippen LogP contribution in [0.4, 0.5) is 0 Å². The van der Waals surface area contributed by atoms with Gasteiger partial charge in [0, 0.05) is 227 Å². The molecule has 12 aliphatic heterocycles. The Morgan fingerprint density at radius 2 is 0.372 bits per heavy atom. The standard InChI is InChI=1S/3C12H23NO.3C11H22N2O.3C7H15N.3C5H8O2/c3*1-10-3-2-4-12(9-10)13-11-5-7-14-8-6-11;3*1-9-8-11(2-5-12-9)13-10-3-6-14-7-4-10;3*1-6-3-2-4-7(8)5-6;3*6-5-1-3-7-4-2-5/h3*10-13H,2-9H2,1H3;3*9-13H,2-8H2,1H3;3*6-7H,2-5,8H2,1H3;3*1-4H2/t2*10-,12+;10-,12-;9-,11+;2*9-,11-;2*6-,7+;6-,7-;;;/m100110100.../s1. The SMILES string of the molecule is C[C@@H]1CCC[C@H](N)C1.C[C@@H]1CCC[C@H](NC2CCOCC2)C1.C[C@@H]1C[C@@H](NC2CCOCC2)CCN1.C[C@@H]1C[C@H](NC2CCOCC2)CCN1.C[C@H]1CCC[C@@H](N)C1.C[C@H]1CCC[C@@H](NC2CCOCC2)C1.C[C@H]1CCC[C@H](N)C1.C[C@H]1CCC[C@H](NC2CCOCC2)C1.C[C@H]1C[C@@H](NC2CCOCC2)CCN1.O=C1CCOCC1.O=C1CCOCC1.O=C1CCOCC1. The highest BCUT2D eigenvalue weighted by molar-refractivity contribution is 5.79. The maximum Gasteiger partial charge on any atom is 0.137 e. The van der Waals surface area contributed by atoms with Crippen LogP contribution in [-0.2, 0) is 57.0 Å². The zero-order valence-corrected chi connectivity index (χ0v) is 84.3. The van der Waals surface area contributed by atoms with Crippen LogP contribution < -0.4 is 65.1 Å². The molecule has 18 atom stereocenters. The van der Waals surface area contributed by atoms with Crippen LogP contribution in [0.1, 0.15) is 371 Å². The molecule has 12 saturated heterocycles. The van der Waals surface area contributed by atoms with E-state index in [2.05, 4.69) is 110 Å². The van der Waals surface area contributed by atoms with Crippen LogP contribution in [-0.4, -0.2) is 265 Å². The normalized spacial score (nSPS) is 34.4. The third-order valence-electron chi connectivity index (χ3n) is 29.9. The Balaban J connectivity index is 0.000000195. The molecule has 12 heterocycles. The van der Waals surface area contributed by atoms with E-state index in [1.807, 2.05) is 0 Å². The van der Waals surface area contributed by atoms with Gasteiger partial charge in [0.1, 0.15) is 17.3 Å². The van der Waals surface area contributed by atoms with Crippen molar-refractivity contribution < 1.29 is 57.0 Å². The molecule has 0 aromatic heterocycles. The topological polar surface area (TPSA) is 321 Å². The van der Waals surface area contributed by atoms with E-state index in [4.69, 9.17) is 59.8 Å². The molecule has 6 aliphatic carbocycles. The van der Waals surface area contributed by atoms with Gasteiger partial charge in [-0.3, -0.25) is 14.4 Å². The second kappa shape index (κ2) is 71.6. The van der Waals surface area contributed by atoms with Gasteiger partial charge in [-0.2, -0.15) is 0 Å². The van der Waals surface area contributed by atoms with Gasteiger partial charge in [-0.1, -0.05) is 119 Å². The van der Waals surface area contributed by atoms with E-state index in [0.717, 1.165) is 169 Å². The second-order valence-electron chi connectivity index (χ2n) is 43.0. The Kier molecular flexibility index (Phi) is 63.3. The fraction of sp³-hybridized carbons (Fsp3) is 0.971. The summed E-state index contributed by atoms with van der Waals surface area (Å²) < 4.78 is 46.9. The Morgan fingerprint density at radius 1 is 0.202 bits per heavy atom. The van der Waals surface area contributed by atoms with Crippen LogP contribution in [0.5, 0.6) is 0 Å². The third kappa shape index (κ3) is 57.4. The molecule has 0 unspecified atom stereocenters. The summed E-state index contributed by atoms with van der Waals surface area (Å²) in [6.07, 6.45) is 58.5. The van der Waals surface area contributed by atoms with Crippen LogP contribution in [0.15, 0.2) is 0 Å². The molecule has 24 heteroatoms. The maximum absolute atomic E-state index is 10.4. The highest BCUT2D eigenvalue weighted by Crippen LogP contribution is 2.30. The molecule has 18 rings (SSSR count). The largest absolute Gasteiger partial charge is 0.381 e. The van der Waals surface area contributed by atoms with Crippen molar-refractivity contribution in [1.82, 2.24) is 47.9 Å². The molecular weight excluding hydrogens is 1620 g/mol. The molecule has 6 saturated carbocycles. The molecule has 756 valence electrons. The van der Waals surface area contributed by atoms with Gasteiger partial charge < -0.3 is 108 Å². The number of hydrogen-bond donors (Lipinski definition) is 12. The minimum atomic E-state index is 0.339. The molecule has 0 bridgehead atoms. The van der Waals surface area contributed by atoms with E-state index in [9.17, 15) is 14.4 Å². The van der Waals surface area contributed by atoms with Crippen molar-refractivity contribution in [2.24, 2.45) is 52.7 Å². The number of piperidine rings is 3. The highest BCUT2D eigenvalue weighted by atomic mass is 16.5. The summed E-state index contributed by atoms with van der Waals surface area (Å²) >= 11 is 0. The van der Waals surface area contributed by atoms with Crippen LogP contribution >= 0.6 is 0 Å². The van der Waals surface area contributed by atoms with E-state index < -0.39 is 0 Å². The maximum atomic E-state index is 10.4. The fourth-order valence-electron chi connectivity index (χ4n) is 22.0. The lowest BCUT2D eigenvalue weighted by atomic mass is 9.86. The van der Waals surface area contributed by atoms with Crippen molar-refractivity contribution in [3.05, 3.63) is 0 Å². The zero-order valence-electron chi connectivity index (χ0n) is 84.3. The number of carbonyl (C=O) groups is 3. The van der Waals surface area contributed by atoms with Gasteiger partial charge in [0.25, 0.3) is 0 Å². The first kappa shape index (κ1) is 114. The molecule has 0 radical (unpaired) electrons. The predicted molar refractivity (Wildman–Crippen MR) is 530 cm³/mol. The summed E-state index contributed by atoms with van der Waals surface area (Å²) in [6, 6.07) is 12.5. The lowest BCUT2D eigenvalue weighted by Gasteiger charge is -2.33. The number of carbonyl (C=O) groups excluding carboxylic acids is 3. The first-order valence-electron chi connectivity index (χ1n) is 54.4. The van der Waals surface area contributed by atoms with Crippen molar-refractivity contribution in [3.63, 3.8) is 0 Å². The Bertz CT molecular complexity index is 2270. The summed E-state index contributed by atoms with van der Waals surface area (Å²) in [5.74, 6) is 6.48. The summed E-state index contributed by atoms with van der Waals surface area (Å²) in [7, 11) is 0. The molecule has 24 nitrogen and oxygen atoms in total. The van der Waals surface area contributed by atoms with E-state index in [0.29, 0.717) is 150 Å². The summed E-state index contributed by atoms with van der Waals surface area (Å²) in [6.45, 7) is 39.6. The van der Waals surface area contributed by atoms with Crippen LogP contribution in [0.3, 0.4) is 0 Å². The molecule has 18 fully saturated rings. The van der Waals surface area contributed by atoms with Gasteiger partial charge in [-0.05, 0) is 269 Å². The monoisotopic (exact) mass is 1830 g/mol. The minimum absolute atomic E-state index is 0.339. The summed E-state index contributed by atoms with van der Waals surface area (Å²) in [4.78, 5) is 31.1. The van der Waals surface area contributed by atoms with E-state index >= 15 is 0 Å². The average molecular weight is 1830 g/mol. The van der Waals surface area contributed by atoms with Gasteiger partial charge >= 0.3 is 0 Å². The highest BCUT2D eigenvalue weighted by Gasteiger charge is 2.30. The van der Waals surface area contributed by atoms with Crippen LogP contribution in [0, 0.1) is 35.5 Å². The number of nitrogens with one attached hydrogen (secondary N) is 9. The van der Waals surface area contributed by atoms with Crippen LogP contribution in [0.25, 0.3) is 0 Å². The summed E-state index contributed by atoms with van der Waals surface area (Å²) in [5.41, 5.74) is 17.2. The summed E-state index contributed by atoms with van der Waals surface area (Å²) in [5, 5.41) is 33.2. The first-order valence-corrected chi connectivity index (χ1v) is 54.4. The van der Waals surface area contributed by atoms with Gasteiger partial charge in [0.05, 0.1) is 39.6 Å². The van der Waals surface area contributed by atoms with Crippen molar-refractivity contribution >= 4 is 17.3 Å². The zero-order chi connectivity index (χ0) is 92.1. The van der Waals surface area contributed by atoms with E-state index in [1.54, 1.807) is 0 Å². The quantitative estimate of drug-likeness (QED) is 0.0864. The number of ether oxygens (including phenoxy) is 9. The van der Waals surface area contributed by atoms with Crippen molar-refractivity contribution in [3.8, 4) is 0 Å². The average Bonchev–Trinajstić information content (AvgIpc) is 0.904. The number of Topliss-reactive ketones (excluding diaryl/α,β-unsaturated/α-hetero) is 3. The lowest BCUT2D eigenvalue weighted by molar-refractivity contribution is -0.125. The fourth-order valence-corrected chi connectivity index (χ4v) is 22.0. The lowest BCUT2D eigenvalue weighted by Crippen LogP contribution is -2.49. The molecule has 0 aromatic rings. The molecular formula is C105H204N12O12. The third-order valence-corrected chi connectivity index (χ3v) is 29.9. The minimum Gasteiger partial charge on any atom is -0.381 e. The van der Waals surface area contributed by atoms with Crippen molar-refractivity contribution in [1.29, 1.82) is 0 Å². The van der Waals surface area contributed by atoms with Gasteiger partial charge in [-0.25, -0.2) is 0 Å². The second-order valence-corrected chi connectivity index (χ2v) is 43.0. The van der Waals surface area contributed by atoms with Crippen molar-refractivity contribution in [2.75, 3.05) is 139 Å². The number of ketones is 3. The van der Waals surface area contributed by atoms with Gasteiger partial charge in [0.15, 0.2) is 0 Å². The molecule has 15 N–H and O–H groups in total. The van der Waals surface area contributed by atoms with E-state index in [-0.39, 0.29) is 0 Å². The number of hydrogen-bond acceptors (Lipinski definition) is 24. The molecule has 0 spiro atoms. The Morgan fingerprint density at radius 3 is 0.519 bits per heavy atom. The molecule has 0 amide bonds. The number of nitrogens with two attached hydrogens (primary N) is 3. The Hall–Kier alpha value is -1.83. The molecule has 129 heavy (non-hydrogen) atoms. The number of rotatable bonds is 12. The van der Waals surface area contributed by atoms with Gasteiger partial charge in [0.2, 0.25) is 0 Å². The predicted octanol–water partition coefficient (Wildman–Crippen LogP) is 15.4. The van der Waals surface area contributed by atoms with Gasteiger partial charge in [-0.15, -0.1) is 0 Å². The molecule has 18 aliphatic rings.